The van der Waals surface area contributed by atoms with Crippen LogP contribution >= 0.6 is 0 Å². The Balaban J connectivity index is 2.86. The van der Waals surface area contributed by atoms with Crippen molar-refractivity contribution < 1.29 is 24.9 Å². The van der Waals surface area contributed by atoms with Gasteiger partial charge >= 0.3 is 0 Å². The Labute approximate surface area is 95.0 Å². The van der Waals surface area contributed by atoms with Crippen molar-refractivity contribution in [2.75, 3.05) is 0 Å². The maximum absolute atomic E-state index is 11.9. The third-order valence-electron chi connectivity index (χ3n) is 2.64. The normalized spacial score (nSPS) is 37.4. The van der Waals surface area contributed by atoms with Crippen molar-refractivity contribution in [1.82, 2.24) is 0 Å². The van der Waals surface area contributed by atoms with Gasteiger partial charge in [-0.05, 0) is 6.92 Å². The molecule has 4 atom stereocenters. The van der Waals surface area contributed by atoms with E-state index in [0.717, 1.165) is 0 Å². The van der Waals surface area contributed by atoms with Gasteiger partial charge in [0, 0.05) is 5.41 Å². The van der Waals surface area contributed by atoms with Gasteiger partial charge < -0.3 is 20.1 Å². The minimum atomic E-state index is -1.46. The Hall–Kier alpha value is -0.490. The van der Waals surface area contributed by atoms with Crippen molar-refractivity contribution in [1.29, 1.82) is 0 Å². The van der Waals surface area contributed by atoms with Crippen LogP contribution in [0.1, 0.15) is 27.7 Å². The maximum atomic E-state index is 11.9. The summed E-state index contributed by atoms with van der Waals surface area (Å²) in [5.41, 5.74) is -0.696. The van der Waals surface area contributed by atoms with Gasteiger partial charge in [-0.3, -0.25) is 4.79 Å². The number of ether oxygens (including phenoxy) is 1. The number of carbonyl (C=O) groups excluding carboxylic acids is 1. The first-order chi connectivity index (χ1) is 7.16. The van der Waals surface area contributed by atoms with Crippen LogP contribution in [0.5, 0.6) is 0 Å². The maximum Gasteiger partial charge on any atom is 0.194 e. The predicted octanol–water partition coefficient (Wildman–Crippen LogP) is -0.365. The van der Waals surface area contributed by atoms with Gasteiger partial charge in [0.2, 0.25) is 0 Å². The summed E-state index contributed by atoms with van der Waals surface area (Å²) in [5.74, 6) is -0.363. The Morgan fingerprint density at radius 2 is 1.69 bits per heavy atom. The quantitative estimate of drug-likeness (QED) is 0.573. The molecule has 1 aliphatic rings. The fourth-order valence-electron chi connectivity index (χ4n) is 1.52. The summed E-state index contributed by atoms with van der Waals surface area (Å²) in [4.78, 5) is 11.9. The van der Waals surface area contributed by atoms with E-state index in [1.54, 1.807) is 20.8 Å². The highest BCUT2D eigenvalue weighted by atomic mass is 16.5. The molecule has 1 radical (unpaired) electrons. The first-order valence-electron chi connectivity index (χ1n) is 5.28. The third kappa shape index (κ3) is 2.43. The lowest BCUT2D eigenvalue weighted by Gasteiger charge is -2.39. The Bertz CT molecular complexity index is 270. The van der Waals surface area contributed by atoms with Crippen molar-refractivity contribution in [2.45, 2.75) is 52.1 Å². The minimum Gasteiger partial charge on any atom is -0.388 e. The Kier molecular flexibility index (Phi) is 3.74. The molecule has 0 aromatic carbocycles. The van der Waals surface area contributed by atoms with Crippen LogP contribution in [0.25, 0.3) is 0 Å². The van der Waals surface area contributed by atoms with Crippen LogP contribution in [0, 0.1) is 11.5 Å². The van der Waals surface area contributed by atoms with E-state index in [1.807, 2.05) is 0 Å². The van der Waals surface area contributed by atoms with Crippen molar-refractivity contribution >= 4 is 5.78 Å². The number of hydrogen-bond acceptors (Lipinski definition) is 5. The molecule has 0 unspecified atom stereocenters. The van der Waals surface area contributed by atoms with Crippen LogP contribution in [0.3, 0.4) is 0 Å². The molecule has 16 heavy (non-hydrogen) atoms. The monoisotopic (exact) mass is 231 g/mol. The number of carbonyl (C=O) groups is 1. The lowest BCUT2D eigenvalue weighted by Crippen LogP contribution is -2.56. The molecule has 1 aliphatic heterocycles. The molecule has 0 saturated carbocycles. The summed E-state index contributed by atoms with van der Waals surface area (Å²) in [6, 6.07) is 0. The lowest BCUT2D eigenvalue weighted by atomic mass is 9.82. The second kappa shape index (κ2) is 4.41. The summed E-state index contributed by atoms with van der Waals surface area (Å²) in [5, 5.41) is 28.7. The topological polar surface area (TPSA) is 87.0 Å². The van der Waals surface area contributed by atoms with E-state index in [4.69, 9.17) is 4.74 Å². The zero-order chi connectivity index (χ0) is 12.7. The molecule has 0 aromatic rings. The summed E-state index contributed by atoms with van der Waals surface area (Å²) < 4.78 is 5.18. The summed E-state index contributed by atoms with van der Waals surface area (Å²) in [6.07, 6.45) is -4.91. The zero-order valence-corrected chi connectivity index (χ0v) is 9.97. The van der Waals surface area contributed by atoms with E-state index in [9.17, 15) is 20.1 Å². The molecule has 5 nitrogen and oxygen atoms in total. The van der Waals surface area contributed by atoms with Crippen LogP contribution in [-0.4, -0.2) is 45.5 Å². The van der Waals surface area contributed by atoms with E-state index in [-0.39, 0.29) is 11.9 Å². The Morgan fingerprint density at radius 3 is 2.12 bits per heavy atom. The smallest absolute Gasteiger partial charge is 0.194 e. The number of rotatable bonds is 1. The van der Waals surface area contributed by atoms with Crippen LogP contribution in [0.15, 0.2) is 0 Å². The van der Waals surface area contributed by atoms with Crippen molar-refractivity contribution in [2.24, 2.45) is 5.41 Å². The molecule has 0 spiro atoms. The molecule has 0 bridgehead atoms. The highest BCUT2D eigenvalue weighted by molar-refractivity contribution is 5.95. The number of aliphatic hydroxyl groups excluding tert-OH is 3. The van der Waals surface area contributed by atoms with Crippen LogP contribution < -0.4 is 0 Å². The molecule has 5 heteroatoms. The standard InChI is InChI=1S/C11H19O5/c1-5-6(12)7(13)8(14)9(16-5)10(15)11(2,3)4/h5-8,12-14H,1-4H3/t5-,6-,7+,8+/m0/s1. The number of ketones is 1. The highest BCUT2D eigenvalue weighted by Gasteiger charge is 2.48. The number of aliphatic hydroxyl groups is 3. The number of Topliss-reactive ketones (excluding diaryl/α,β-unsaturated/α-hetero) is 1. The van der Waals surface area contributed by atoms with E-state index < -0.39 is 29.8 Å². The zero-order valence-electron chi connectivity index (χ0n) is 9.97. The third-order valence-corrected chi connectivity index (χ3v) is 2.64. The molecular formula is C11H19O5. The Morgan fingerprint density at radius 1 is 1.19 bits per heavy atom. The summed E-state index contributed by atoms with van der Waals surface area (Å²) in [7, 11) is 0. The highest BCUT2D eigenvalue weighted by Crippen LogP contribution is 2.32. The van der Waals surface area contributed by atoms with Gasteiger partial charge in [0.1, 0.15) is 18.3 Å². The van der Waals surface area contributed by atoms with Gasteiger partial charge in [-0.25, -0.2) is 0 Å². The van der Waals surface area contributed by atoms with Crippen molar-refractivity contribution in [3.8, 4) is 0 Å². The van der Waals surface area contributed by atoms with Gasteiger partial charge in [0.05, 0.1) is 6.10 Å². The second-order valence-electron chi connectivity index (χ2n) is 5.19. The molecule has 3 N–H and O–H groups in total. The molecule has 0 aliphatic carbocycles. The van der Waals surface area contributed by atoms with E-state index >= 15 is 0 Å². The summed E-state index contributed by atoms with van der Waals surface area (Å²) in [6.45, 7) is 6.62. The van der Waals surface area contributed by atoms with Gasteiger partial charge in [-0.2, -0.15) is 0 Å². The molecule has 1 fully saturated rings. The summed E-state index contributed by atoms with van der Waals surface area (Å²) >= 11 is 0. The van der Waals surface area contributed by atoms with Crippen molar-refractivity contribution in [3.05, 3.63) is 6.10 Å². The van der Waals surface area contributed by atoms with E-state index in [0.29, 0.717) is 0 Å². The SMILES string of the molecule is C[C@@H]1O[C](C(=O)C(C)(C)C)[C@H](O)[C@H](O)[C@H]1O. The molecular weight excluding hydrogens is 212 g/mol. The fourth-order valence-corrected chi connectivity index (χ4v) is 1.52. The first kappa shape index (κ1) is 13.6. The van der Waals surface area contributed by atoms with Gasteiger partial charge in [-0.1, -0.05) is 20.8 Å². The average molecular weight is 231 g/mol. The largest absolute Gasteiger partial charge is 0.388 e. The van der Waals surface area contributed by atoms with Crippen molar-refractivity contribution in [3.63, 3.8) is 0 Å². The second-order valence-corrected chi connectivity index (χ2v) is 5.19. The molecule has 1 saturated heterocycles. The molecule has 1 heterocycles. The average Bonchev–Trinajstić information content (AvgIpc) is 2.18. The van der Waals surface area contributed by atoms with Crippen LogP contribution in [0.4, 0.5) is 0 Å². The molecule has 1 rings (SSSR count). The predicted molar refractivity (Wildman–Crippen MR) is 56.3 cm³/mol. The van der Waals surface area contributed by atoms with E-state index in [2.05, 4.69) is 0 Å². The molecule has 0 aromatic heterocycles. The van der Waals surface area contributed by atoms with Gasteiger partial charge in [0.15, 0.2) is 11.9 Å². The molecule has 0 amide bonds. The molecule has 93 valence electrons. The van der Waals surface area contributed by atoms with Gasteiger partial charge in [0.25, 0.3) is 0 Å². The lowest BCUT2D eigenvalue weighted by molar-refractivity contribution is -0.185. The van der Waals surface area contributed by atoms with Gasteiger partial charge in [-0.15, -0.1) is 0 Å². The van der Waals surface area contributed by atoms with Crippen LogP contribution in [0.2, 0.25) is 0 Å². The number of hydrogen-bond donors (Lipinski definition) is 3. The minimum absolute atomic E-state index is 0.169. The van der Waals surface area contributed by atoms with Crippen LogP contribution in [-0.2, 0) is 9.53 Å². The fraction of sp³-hybridized carbons (Fsp3) is 0.818. The first-order valence-corrected chi connectivity index (χ1v) is 5.28. The van der Waals surface area contributed by atoms with E-state index in [1.165, 1.54) is 6.92 Å².